The van der Waals surface area contributed by atoms with Crippen LogP contribution >= 0.6 is 0 Å². The lowest BCUT2D eigenvalue weighted by molar-refractivity contribution is 0.169. The molecular formula is C11H15NO4S. The molecule has 1 atom stereocenters. The largest absolute Gasteiger partial charge is 0.453 e. The van der Waals surface area contributed by atoms with Crippen molar-refractivity contribution in [3.05, 3.63) is 35.9 Å². The molecule has 5 nitrogen and oxygen atoms in total. The molecule has 1 N–H and O–H groups in total. The number of hydrogen-bond donors (Lipinski definition) is 1. The maximum absolute atomic E-state index is 11.9. The van der Waals surface area contributed by atoms with Crippen LogP contribution in [0.1, 0.15) is 17.9 Å². The summed E-state index contributed by atoms with van der Waals surface area (Å²) in [5, 5.41) is 1.26. The van der Waals surface area contributed by atoms with E-state index in [9.17, 15) is 13.2 Å². The molecule has 17 heavy (non-hydrogen) atoms. The van der Waals surface area contributed by atoms with E-state index in [1.54, 1.807) is 30.3 Å². The highest BCUT2D eigenvalue weighted by molar-refractivity contribution is 7.91. The van der Waals surface area contributed by atoms with Gasteiger partial charge in [-0.1, -0.05) is 37.3 Å². The zero-order valence-electron chi connectivity index (χ0n) is 9.71. The van der Waals surface area contributed by atoms with Crippen LogP contribution in [-0.2, 0) is 14.6 Å². The Morgan fingerprint density at radius 1 is 1.35 bits per heavy atom. The summed E-state index contributed by atoms with van der Waals surface area (Å²) in [6.45, 7) is 1.53. The predicted molar refractivity (Wildman–Crippen MR) is 64.2 cm³/mol. The van der Waals surface area contributed by atoms with Gasteiger partial charge in [0.1, 0.15) is 0 Å². The lowest BCUT2D eigenvalue weighted by Crippen LogP contribution is -2.34. The second-order valence-corrected chi connectivity index (χ2v) is 5.75. The number of amides is 1. The minimum atomic E-state index is -3.43. The maximum atomic E-state index is 11.9. The first-order chi connectivity index (χ1) is 8.01. The highest BCUT2D eigenvalue weighted by atomic mass is 32.2. The molecule has 0 bridgehead atoms. The van der Waals surface area contributed by atoms with Gasteiger partial charge in [0.05, 0.1) is 7.11 Å². The van der Waals surface area contributed by atoms with Crippen LogP contribution in [0.25, 0.3) is 0 Å². The van der Waals surface area contributed by atoms with Gasteiger partial charge in [-0.15, -0.1) is 0 Å². The second kappa shape index (κ2) is 5.67. The van der Waals surface area contributed by atoms with Crippen molar-refractivity contribution < 1.29 is 17.9 Å². The van der Waals surface area contributed by atoms with Crippen LogP contribution in [0.2, 0.25) is 0 Å². The van der Waals surface area contributed by atoms with Crippen molar-refractivity contribution in [1.82, 2.24) is 5.32 Å². The average molecular weight is 257 g/mol. The number of ether oxygens (including phenoxy) is 1. The van der Waals surface area contributed by atoms with Gasteiger partial charge in [0.25, 0.3) is 0 Å². The molecule has 94 valence electrons. The number of methoxy groups -OCH3 is 1. The van der Waals surface area contributed by atoms with Gasteiger partial charge in [0, 0.05) is 5.75 Å². The summed E-state index contributed by atoms with van der Waals surface area (Å²) in [5.41, 5.74) is 0.514. The number of rotatable bonds is 4. The molecule has 0 aliphatic carbocycles. The smallest absolute Gasteiger partial charge is 0.408 e. The molecule has 0 heterocycles. The summed E-state index contributed by atoms with van der Waals surface area (Å²) < 4.78 is 28.2. The van der Waals surface area contributed by atoms with Gasteiger partial charge in [-0.05, 0) is 5.56 Å². The highest BCUT2D eigenvalue weighted by Gasteiger charge is 2.27. The Labute approximate surface area is 101 Å². The Morgan fingerprint density at radius 3 is 2.41 bits per heavy atom. The normalized spacial score (nSPS) is 12.8. The highest BCUT2D eigenvalue weighted by Crippen LogP contribution is 2.20. The van der Waals surface area contributed by atoms with Crippen LogP contribution in [-0.4, -0.2) is 27.4 Å². The minimum Gasteiger partial charge on any atom is -0.453 e. The molecule has 1 rings (SSSR count). The Balaban J connectivity index is 3.08. The molecule has 0 fully saturated rings. The molecule has 0 spiro atoms. The lowest BCUT2D eigenvalue weighted by atomic mass is 10.2. The molecule has 1 amide bonds. The maximum Gasteiger partial charge on any atom is 0.408 e. The molecule has 0 saturated carbocycles. The summed E-state index contributed by atoms with van der Waals surface area (Å²) in [6, 6.07) is 8.50. The van der Waals surface area contributed by atoms with Crippen LogP contribution in [0.5, 0.6) is 0 Å². The molecule has 6 heteroatoms. The Bertz CT molecular complexity index is 470. The van der Waals surface area contributed by atoms with E-state index in [1.165, 1.54) is 14.0 Å². The molecule has 0 aliphatic heterocycles. The van der Waals surface area contributed by atoms with Gasteiger partial charge < -0.3 is 10.1 Å². The van der Waals surface area contributed by atoms with E-state index in [0.29, 0.717) is 5.56 Å². The van der Waals surface area contributed by atoms with E-state index in [0.717, 1.165) is 0 Å². The van der Waals surface area contributed by atoms with E-state index in [2.05, 4.69) is 10.1 Å². The van der Waals surface area contributed by atoms with Crippen molar-refractivity contribution in [1.29, 1.82) is 0 Å². The van der Waals surface area contributed by atoms with Crippen molar-refractivity contribution >= 4 is 15.9 Å². The van der Waals surface area contributed by atoms with Crippen LogP contribution in [0.4, 0.5) is 4.79 Å². The van der Waals surface area contributed by atoms with E-state index < -0.39 is 21.3 Å². The number of alkyl carbamates (subject to hydrolysis) is 1. The quantitative estimate of drug-likeness (QED) is 0.886. The topological polar surface area (TPSA) is 72.5 Å². The molecular weight excluding hydrogens is 242 g/mol. The molecule has 1 aromatic rings. The van der Waals surface area contributed by atoms with Crippen LogP contribution in [0.3, 0.4) is 0 Å². The zero-order valence-corrected chi connectivity index (χ0v) is 10.5. The van der Waals surface area contributed by atoms with Crippen molar-refractivity contribution in [3.63, 3.8) is 0 Å². The van der Waals surface area contributed by atoms with Gasteiger partial charge >= 0.3 is 6.09 Å². The molecule has 1 aromatic carbocycles. The predicted octanol–water partition coefficient (Wildman–Crippen LogP) is 1.48. The summed E-state index contributed by atoms with van der Waals surface area (Å²) in [5.74, 6) is -0.0590. The van der Waals surface area contributed by atoms with Crippen molar-refractivity contribution in [2.75, 3.05) is 12.9 Å². The van der Waals surface area contributed by atoms with Gasteiger partial charge in [-0.2, -0.15) is 0 Å². The lowest BCUT2D eigenvalue weighted by Gasteiger charge is -2.17. The van der Waals surface area contributed by atoms with Crippen molar-refractivity contribution in [2.45, 2.75) is 12.3 Å². The molecule has 1 unspecified atom stereocenters. The van der Waals surface area contributed by atoms with E-state index in [1.807, 2.05) is 0 Å². The fraction of sp³-hybridized carbons (Fsp3) is 0.364. The summed E-state index contributed by atoms with van der Waals surface area (Å²) in [6.07, 6.45) is -0.768. The first-order valence-corrected chi connectivity index (χ1v) is 6.83. The SMILES string of the molecule is CCS(=O)(=O)C(NC(=O)OC)c1ccccc1. The van der Waals surface area contributed by atoms with Gasteiger partial charge in [0.15, 0.2) is 15.2 Å². The number of hydrogen-bond acceptors (Lipinski definition) is 4. The Kier molecular flexibility index (Phi) is 4.51. The van der Waals surface area contributed by atoms with E-state index in [4.69, 9.17) is 0 Å². The van der Waals surface area contributed by atoms with E-state index >= 15 is 0 Å². The van der Waals surface area contributed by atoms with Crippen LogP contribution < -0.4 is 5.32 Å². The van der Waals surface area contributed by atoms with Crippen LogP contribution in [0.15, 0.2) is 30.3 Å². The number of benzene rings is 1. The number of carbonyl (C=O) groups excluding carboxylic acids is 1. The zero-order chi connectivity index (χ0) is 12.9. The summed E-state index contributed by atoms with van der Waals surface area (Å²) >= 11 is 0. The van der Waals surface area contributed by atoms with Gasteiger partial charge in [-0.25, -0.2) is 13.2 Å². The molecule has 0 radical (unpaired) electrons. The van der Waals surface area contributed by atoms with Crippen LogP contribution in [0, 0.1) is 0 Å². The van der Waals surface area contributed by atoms with E-state index in [-0.39, 0.29) is 5.75 Å². The monoisotopic (exact) mass is 257 g/mol. The fourth-order valence-electron chi connectivity index (χ4n) is 1.34. The third-order valence-corrected chi connectivity index (χ3v) is 4.21. The third kappa shape index (κ3) is 3.45. The first-order valence-electron chi connectivity index (χ1n) is 5.12. The van der Waals surface area contributed by atoms with Crippen molar-refractivity contribution in [3.8, 4) is 0 Å². The van der Waals surface area contributed by atoms with Gasteiger partial charge in [0.2, 0.25) is 0 Å². The minimum absolute atomic E-state index is 0.0590. The Morgan fingerprint density at radius 2 is 1.94 bits per heavy atom. The molecule has 0 saturated heterocycles. The second-order valence-electron chi connectivity index (χ2n) is 3.38. The summed E-state index contributed by atoms with van der Waals surface area (Å²) in [7, 11) is -2.24. The average Bonchev–Trinajstić information content (AvgIpc) is 2.36. The van der Waals surface area contributed by atoms with Gasteiger partial charge in [-0.3, -0.25) is 0 Å². The number of nitrogens with one attached hydrogen (secondary N) is 1. The number of sulfone groups is 1. The third-order valence-electron chi connectivity index (χ3n) is 2.30. The standard InChI is InChI=1S/C11H15NO4S/c1-3-17(14,15)10(12-11(13)16-2)9-7-5-4-6-8-9/h4-8,10H,3H2,1-2H3,(H,12,13). The fourth-order valence-corrected chi connectivity index (χ4v) is 2.52. The number of carbonyl (C=O) groups is 1. The Hall–Kier alpha value is -1.56. The molecule has 0 aliphatic rings. The van der Waals surface area contributed by atoms with Crippen molar-refractivity contribution in [2.24, 2.45) is 0 Å². The first kappa shape index (κ1) is 13.5. The summed E-state index contributed by atoms with van der Waals surface area (Å²) in [4.78, 5) is 11.2. The molecule has 0 aromatic heterocycles.